The molecule has 0 radical (unpaired) electrons. The Kier molecular flexibility index (Phi) is 9.85. The molecule has 0 saturated carbocycles. The van der Waals surface area contributed by atoms with Gasteiger partial charge < -0.3 is 14.8 Å². The number of aryl methyl sites for hydroxylation is 2. The maximum absolute atomic E-state index is 11.4. The van der Waals surface area contributed by atoms with Crippen molar-refractivity contribution in [3.05, 3.63) is 34.9 Å². The van der Waals surface area contributed by atoms with Gasteiger partial charge in [-0.25, -0.2) is 0 Å². The molecule has 140 valence electrons. The molecule has 0 aliphatic carbocycles. The molecule has 0 spiro atoms. The van der Waals surface area contributed by atoms with Gasteiger partial charge in [-0.2, -0.15) is 0 Å². The van der Waals surface area contributed by atoms with E-state index in [0.717, 1.165) is 6.42 Å². The molecule has 0 bridgehead atoms. The van der Waals surface area contributed by atoms with E-state index in [1.807, 2.05) is 6.92 Å². The van der Waals surface area contributed by atoms with Crippen LogP contribution in [0.3, 0.4) is 0 Å². The maximum atomic E-state index is 11.4. The number of nitrogens with one attached hydrogen (secondary N) is 1. The topological polar surface area (TPSA) is 64.6 Å². The summed E-state index contributed by atoms with van der Waals surface area (Å²) in [4.78, 5) is 22.8. The normalized spacial score (nSPS) is 11.8. The minimum atomic E-state index is -0.179. The zero-order chi connectivity index (χ0) is 18.7. The molecule has 25 heavy (non-hydrogen) atoms. The molecular formula is C20H31NO4. The summed E-state index contributed by atoms with van der Waals surface area (Å²) < 4.78 is 10.2. The lowest BCUT2D eigenvalue weighted by Crippen LogP contribution is -2.25. The van der Waals surface area contributed by atoms with Gasteiger partial charge in [0.2, 0.25) is 0 Å². The quantitative estimate of drug-likeness (QED) is 0.488. The van der Waals surface area contributed by atoms with E-state index in [1.165, 1.54) is 16.7 Å². The fraction of sp³-hybridized carbons (Fsp3) is 0.600. The molecule has 0 amide bonds. The molecule has 0 fully saturated rings. The van der Waals surface area contributed by atoms with Gasteiger partial charge in [0.15, 0.2) is 0 Å². The Morgan fingerprint density at radius 3 is 2.52 bits per heavy atom. The lowest BCUT2D eigenvalue weighted by Gasteiger charge is -2.21. The van der Waals surface area contributed by atoms with E-state index in [0.29, 0.717) is 39.0 Å². The van der Waals surface area contributed by atoms with Crippen molar-refractivity contribution in [3.63, 3.8) is 0 Å². The Bertz CT molecular complexity index is 557. The SMILES string of the molecule is CCOC(=O)CCCNC(CCOC(=O)CC)c1ccc(C)cc1C. The van der Waals surface area contributed by atoms with Crippen molar-refractivity contribution >= 4 is 11.9 Å². The van der Waals surface area contributed by atoms with Gasteiger partial charge in [-0.05, 0) is 44.9 Å². The minimum Gasteiger partial charge on any atom is -0.466 e. The van der Waals surface area contributed by atoms with E-state index in [4.69, 9.17) is 9.47 Å². The van der Waals surface area contributed by atoms with E-state index in [-0.39, 0.29) is 18.0 Å². The standard InChI is InChI=1S/C20H31NO4/c1-5-19(22)25-13-11-18(17-10-9-15(3)14-16(17)4)21-12-7-8-20(23)24-6-2/h9-10,14,18,21H,5-8,11-13H2,1-4H3. The molecular weight excluding hydrogens is 318 g/mol. The fourth-order valence-electron chi connectivity index (χ4n) is 2.72. The van der Waals surface area contributed by atoms with Crippen LogP contribution in [0.25, 0.3) is 0 Å². The van der Waals surface area contributed by atoms with Crippen molar-refractivity contribution in [1.29, 1.82) is 0 Å². The van der Waals surface area contributed by atoms with Crippen molar-refractivity contribution in [1.82, 2.24) is 5.32 Å². The van der Waals surface area contributed by atoms with Gasteiger partial charge in [0.1, 0.15) is 0 Å². The molecule has 0 aliphatic heterocycles. The van der Waals surface area contributed by atoms with Crippen molar-refractivity contribution in [2.75, 3.05) is 19.8 Å². The monoisotopic (exact) mass is 349 g/mol. The van der Waals surface area contributed by atoms with E-state index in [9.17, 15) is 9.59 Å². The third-order valence-electron chi connectivity index (χ3n) is 4.01. The molecule has 1 unspecified atom stereocenters. The Morgan fingerprint density at radius 2 is 1.88 bits per heavy atom. The van der Waals surface area contributed by atoms with Gasteiger partial charge in [-0.1, -0.05) is 30.7 Å². The predicted octanol–water partition coefficient (Wildman–Crippen LogP) is 3.62. The highest BCUT2D eigenvalue weighted by Gasteiger charge is 2.14. The average molecular weight is 349 g/mol. The van der Waals surface area contributed by atoms with Crippen LogP contribution < -0.4 is 5.32 Å². The van der Waals surface area contributed by atoms with E-state index in [1.54, 1.807) is 6.92 Å². The molecule has 0 saturated heterocycles. The van der Waals surface area contributed by atoms with Gasteiger partial charge in [-0.3, -0.25) is 9.59 Å². The van der Waals surface area contributed by atoms with Crippen LogP contribution in [0.4, 0.5) is 0 Å². The Labute approximate surface area is 151 Å². The number of hydrogen-bond donors (Lipinski definition) is 1. The molecule has 1 rings (SSSR count). The van der Waals surface area contributed by atoms with E-state index >= 15 is 0 Å². The smallest absolute Gasteiger partial charge is 0.305 e. The summed E-state index contributed by atoms with van der Waals surface area (Å²) in [6.07, 6.45) is 2.22. The Balaban J connectivity index is 2.61. The first-order valence-electron chi connectivity index (χ1n) is 9.09. The first-order valence-corrected chi connectivity index (χ1v) is 9.09. The highest BCUT2D eigenvalue weighted by Crippen LogP contribution is 2.22. The largest absolute Gasteiger partial charge is 0.466 e. The van der Waals surface area contributed by atoms with E-state index in [2.05, 4.69) is 37.4 Å². The van der Waals surface area contributed by atoms with Gasteiger partial charge in [0, 0.05) is 25.3 Å². The second-order valence-electron chi connectivity index (χ2n) is 6.14. The lowest BCUT2D eigenvalue weighted by atomic mass is 9.97. The molecule has 1 N–H and O–H groups in total. The maximum Gasteiger partial charge on any atom is 0.305 e. The van der Waals surface area contributed by atoms with E-state index < -0.39 is 0 Å². The molecule has 1 atom stereocenters. The number of carbonyl (C=O) groups excluding carboxylic acids is 2. The van der Waals surface area contributed by atoms with Crippen LogP contribution >= 0.6 is 0 Å². The summed E-state index contributed by atoms with van der Waals surface area (Å²) in [6, 6.07) is 6.45. The molecule has 0 heterocycles. The summed E-state index contributed by atoms with van der Waals surface area (Å²) in [5.74, 6) is -0.342. The molecule has 5 nitrogen and oxygen atoms in total. The second kappa shape index (κ2) is 11.6. The molecule has 1 aromatic carbocycles. The average Bonchev–Trinajstić information content (AvgIpc) is 2.57. The van der Waals surface area contributed by atoms with Crippen LogP contribution in [0.2, 0.25) is 0 Å². The summed E-state index contributed by atoms with van der Waals surface area (Å²) in [5.41, 5.74) is 3.64. The first kappa shape index (κ1) is 21.2. The molecule has 0 aliphatic rings. The van der Waals surface area contributed by atoms with Gasteiger partial charge in [0.05, 0.1) is 13.2 Å². The Morgan fingerprint density at radius 1 is 1.12 bits per heavy atom. The van der Waals surface area contributed by atoms with Crippen molar-refractivity contribution < 1.29 is 19.1 Å². The van der Waals surface area contributed by atoms with Crippen LogP contribution in [0, 0.1) is 13.8 Å². The zero-order valence-corrected chi connectivity index (χ0v) is 15.9. The summed E-state index contributed by atoms with van der Waals surface area (Å²) in [6.45, 7) is 9.27. The van der Waals surface area contributed by atoms with Crippen LogP contribution in [-0.4, -0.2) is 31.7 Å². The lowest BCUT2D eigenvalue weighted by molar-refractivity contribution is -0.144. The predicted molar refractivity (Wildman–Crippen MR) is 98.4 cm³/mol. The number of rotatable bonds is 11. The molecule has 5 heteroatoms. The number of hydrogen-bond acceptors (Lipinski definition) is 5. The van der Waals surface area contributed by atoms with Crippen LogP contribution in [0.15, 0.2) is 18.2 Å². The van der Waals surface area contributed by atoms with Gasteiger partial charge >= 0.3 is 11.9 Å². The number of benzene rings is 1. The third-order valence-corrected chi connectivity index (χ3v) is 4.01. The Hall–Kier alpha value is -1.88. The van der Waals surface area contributed by atoms with Crippen LogP contribution in [0.1, 0.15) is 62.3 Å². The summed E-state index contributed by atoms with van der Waals surface area (Å²) >= 11 is 0. The number of esters is 2. The number of carbonyl (C=O) groups is 2. The fourth-order valence-corrected chi connectivity index (χ4v) is 2.72. The highest BCUT2D eigenvalue weighted by molar-refractivity contribution is 5.69. The third kappa shape index (κ3) is 8.16. The highest BCUT2D eigenvalue weighted by atomic mass is 16.5. The zero-order valence-electron chi connectivity index (χ0n) is 15.9. The van der Waals surface area contributed by atoms with Gasteiger partial charge in [0.25, 0.3) is 0 Å². The first-order chi connectivity index (χ1) is 12.0. The van der Waals surface area contributed by atoms with Crippen molar-refractivity contribution in [2.45, 2.75) is 59.4 Å². The van der Waals surface area contributed by atoms with Crippen LogP contribution in [-0.2, 0) is 19.1 Å². The minimum absolute atomic E-state index is 0.0902. The summed E-state index contributed by atoms with van der Waals surface area (Å²) in [5, 5.41) is 3.49. The molecule has 1 aromatic rings. The van der Waals surface area contributed by atoms with Crippen molar-refractivity contribution in [2.24, 2.45) is 0 Å². The van der Waals surface area contributed by atoms with Crippen LogP contribution in [0.5, 0.6) is 0 Å². The van der Waals surface area contributed by atoms with Crippen molar-refractivity contribution in [3.8, 4) is 0 Å². The number of ether oxygens (including phenoxy) is 2. The molecule has 0 aromatic heterocycles. The summed E-state index contributed by atoms with van der Waals surface area (Å²) in [7, 11) is 0. The second-order valence-corrected chi connectivity index (χ2v) is 6.14. The van der Waals surface area contributed by atoms with Gasteiger partial charge in [-0.15, -0.1) is 0 Å².